The monoisotopic (exact) mass is 382 g/mol. The lowest BCUT2D eigenvalue weighted by Gasteiger charge is -2.33. The number of ether oxygens (including phenoxy) is 2. The minimum absolute atomic E-state index is 0.0838. The van der Waals surface area contributed by atoms with Crippen LogP contribution in [0.3, 0.4) is 0 Å². The summed E-state index contributed by atoms with van der Waals surface area (Å²) >= 11 is 0. The molecule has 0 radical (unpaired) electrons. The fourth-order valence-corrected chi connectivity index (χ4v) is 3.79. The molecule has 1 fully saturated rings. The van der Waals surface area contributed by atoms with Crippen LogP contribution in [0.4, 0.5) is 0 Å². The average Bonchev–Trinajstić information content (AvgIpc) is 2.67. The Labute approximate surface area is 155 Å². The summed E-state index contributed by atoms with van der Waals surface area (Å²) in [6, 6.07) is 5.46. The number of nitrogens with zero attached hydrogens (tertiary/aromatic N) is 2. The summed E-state index contributed by atoms with van der Waals surface area (Å²) in [5, 5.41) is 0. The predicted molar refractivity (Wildman–Crippen MR) is 101 cm³/mol. The Morgan fingerprint density at radius 2 is 1.85 bits per heavy atom. The third-order valence-corrected chi connectivity index (χ3v) is 6.10. The zero-order valence-corrected chi connectivity index (χ0v) is 16.3. The molecule has 1 aliphatic rings. The molecule has 1 amide bonds. The second-order valence-corrected chi connectivity index (χ2v) is 8.06. The van der Waals surface area contributed by atoms with E-state index in [0.717, 1.165) is 5.56 Å². The second-order valence-electron chi connectivity index (χ2n) is 5.80. The number of hydrogen-bond donors (Lipinski definition) is 0. The molecule has 26 heavy (non-hydrogen) atoms. The van der Waals surface area contributed by atoms with Crippen molar-refractivity contribution in [3.05, 3.63) is 29.8 Å². The van der Waals surface area contributed by atoms with Gasteiger partial charge in [0.15, 0.2) is 11.5 Å². The van der Waals surface area contributed by atoms with Crippen LogP contribution in [0.5, 0.6) is 11.5 Å². The molecule has 144 valence electrons. The number of carbonyl (C=O) groups is 1. The molecular formula is C18H26N2O5S. The van der Waals surface area contributed by atoms with E-state index in [0.29, 0.717) is 44.3 Å². The predicted octanol–water partition coefficient (Wildman–Crippen LogP) is 1.60. The van der Waals surface area contributed by atoms with Crippen LogP contribution in [0.2, 0.25) is 0 Å². The van der Waals surface area contributed by atoms with Gasteiger partial charge in [0, 0.05) is 32.3 Å². The fraction of sp³-hybridized carbons (Fsp3) is 0.500. The lowest BCUT2D eigenvalue weighted by molar-refractivity contribution is -0.127. The van der Waals surface area contributed by atoms with Gasteiger partial charge in [0.05, 0.1) is 19.5 Å². The van der Waals surface area contributed by atoms with Gasteiger partial charge in [-0.25, -0.2) is 8.42 Å². The number of carbonyl (C=O) groups excluding carboxylic acids is 1. The van der Waals surface area contributed by atoms with Crippen molar-refractivity contribution in [2.45, 2.75) is 13.8 Å². The van der Waals surface area contributed by atoms with Crippen molar-refractivity contribution >= 4 is 22.0 Å². The number of piperazine rings is 1. The fourth-order valence-electron chi connectivity index (χ4n) is 2.70. The molecule has 0 unspecified atom stereocenters. The number of benzene rings is 1. The molecule has 1 heterocycles. The van der Waals surface area contributed by atoms with E-state index in [1.54, 1.807) is 37.1 Å². The molecule has 0 N–H and O–H groups in total. The minimum Gasteiger partial charge on any atom is -0.493 e. The maximum Gasteiger partial charge on any atom is 0.246 e. The van der Waals surface area contributed by atoms with Gasteiger partial charge in [0.25, 0.3) is 0 Å². The summed E-state index contributed by atoms with van der Waals surface area (Å²) in [5.41, 5.74) is 0.825. The smallest absolute Gasteiger partial charge is 0.246 e. The summed E-state index contributed by atoms with van der Waals surface area (Å²) in [7, 11) is -1.62. The lowest BCUT2D eigenvalue weighted by atomic mass is 10.2. The molecule has 0 aliphatic carbocycles. The van der Waals surface area contributed by atoms with Gasteiger partial charge in [0.1, 0.15) is 0 Å². The normalized spacial score (nSPS) is 16.0. The number of methoxy groups -OCH3 is 1. The van der Waals surface area contributed by atoms with Crippen molar-refractivity contribution in [3.8, 4) is 11.5 Å². The molecule has 7 nitrogen and oxygen atoms in total. The molecular weight excluding hydrogens is 356 g/mol. The number of hydrogen-bond acceptors (Lipinski definition) is 5. The largest absolute Gasteiger partial charge is 0.493 e. The van der Waals surface area contributed by atoms with Crippen LogP contribution in [0.15, 0.2) is 24.3 Å². The summed E-state index contributed by atoms with van der Waals surface area (Å²) in [4.78, 5) is 14.0. The van der Waals surface area contributed by atoms with E-state index in [-0.39, 0.29) is 11.7 Å². The Morgan fingerprint density at radius 3 is 2.42 bits per heavy atom. The number of rotatable bonds is 7. The average molecular weight is 382 g/mol. The third kappa shape index (κ3) is 4.98. The maximum absolute atomic E-state index is 12.3. The Kier molecular flexibility index (Phi) is 7.05. The molecule has 2 rings (SSSR count). The number of sulfonamides is 1. The minimum atomic E-state index is -3.19. The Hall–Kier alpha value is -2.06. The highest BCUT2D eigenvalue weighted by Gasteiger charge is 2.26. The van der Waals surface area contributed by atoms with Gasteiger partial charge >= 0.3 is 0 Å². The van der Waals surface area contributed by atoms with E-state index < -0.39 is 10.0 Å². The van der Waals surface area contributed by atoms with Crippen LogP contribution in [-0.2, 0) is 14.8 Å². The van der Waals surface area contributed by atoms with Gasteiger partial charge in [-0.1, -0.05) is 6.07 Å². The lowest BCUT2D eigenvalue weighted by Crippen LogP contribution is -2.50. The quantitative estimate of drug-likeness (QED) is 0.670. The van der Waals surface area contributed by atoms with E-state index in [1.165, 1.54) is 10.4 Å². The van der Waals surface area contributed by atoms with Crippen LogP contribution in [-0.4, -0.2) is 69.2 Å². The van der Waals surface area contributed by atoms with Gasteiger partial charge in [0.2, 0.25) is 15.9 Å². The highest BCUT2D eigenvalue weighted by Crippen LogP contribution is 2.28. The van der Waals surface area contributed by atoms with Crippen LogP contribution in [0, 0.1) is 0 Å². The molecule has 0 aromatic heterocycles. The van der Waals surface area contributed by atoms with Gasteiger partial charge in [-0.05, 0) is 37.6 Å². The second kappa shape index (κ2) is 9.05. The molecule has 1 aliphatic heterocycles. The highest BCUT2D eigenvalue weighted by molar-refractivity contribution is 7.89. The highest BCUT2D eigenvalue weighted by atomic mass is 32.2. The molecule has 0 bridgehead atoms. The van der Waals surface area contributed by atoms with E-state index in [4.69, 9.17) is 9.47 Å². The maximum atomic E-state index is 12.3. The molecule has 0 saturated carbocycles. The third-order valence-electron chi connectivity index (χ3n) is 4.21. The Bertz CT molecular complexity index is 753. The van der Waals surface area contributed by atoms with Crippen molar-refractivity contribution in [3.63, 3.8) is 0 Å². The molecule has 0 atom stereocenters. The molecule has 0 spiro atoms. The van der Waals surface area contributed by atoms with Gasteiger partial charge < -0.3 is 14.4 Å². The van der Waals surface area contributed by atoms with E-state index >= 15 is 0 Å². The van der Waals surface area contributed by atoms with Crippen molar-refractivity contribution < 1.29 is 22.7 Å². The van der Waals surface area contributed by atoms with Gasteiger partial charge in [-0.15, -0.1) is 0 Å². The van der Waals surface area contributed by atoms with Crippen molar-refractivity contribution in [1.29, 1.82) is 0 Å². The van der Waals surface area contributed by atoms with Crippen molar-refractivity contribution in [2.75, 3.05) is 45.6 Å². The van der Waals surface area contributed by atoms with Crippen LogP contribution >= 0.6 is 0 Å². The first-order chi connectivity index (χ1) is 12.4. The van der Waals surface area contributed by atoms with E-state index in [2.05, 4.69) is 0 Å². The Balaban J connectivity index is 1.98. The zero-order valence-electron chi connectivity index (χ0n) is 15.5. The molecule has 1 aromatic carbocycles. The summed E-state index contributed by atoms with van der Waals surface area (Å²) < 4.78 is 35.9. The topological polar surface area (TPSA) is 76.2 Å². The first-order valence-corrected chi connectivity index (χ1v) is 10.3. The van der Waals surface area contributed by atoms with Gasteiger partial charge in [-0.2, -0.15) is 4.31 Å². The Morgan fingerprint density at radius 1 is 1.15 bits per heavy atom. The van der Waals surface area contributed by atoms with Crippen LogP contribution in [0.25, 0.3) is 6.08 Å². The summed E-state index contributed by atoms with van der Waals surface area (Å²) in [6.45, 7) is 5.55. The van der Waals surface area contributed by atoms with E-state index in [9.17, 15) is 13.2 Å². The SMILES string of the molecule is CCOc1ccc(/C=C/C(=O)N2CCN(S(=O)(=O)CC)CC2)cc1OC. The first-order valence-electron chi connectivity index (χ1n) is 8.67. The van der Waals surface area contributed by atoms with E-state index in [1.807, 2.05) is 13.0 Å². The van der Waals surface area contributed by atoms with Gasteiger partial charge in [-0.3, -0.25) is 4.79 Å². The summed E-state index contributed by atoms with van der Waals surface area (Å²) in [5.74, 6) is 1.22. The molecule has 1 saturated heterocycles. The van der Waals surface area contributed by atoms with Crippen molar-refractivity contribution in [1.82, 2.24) is 9.21 Å². The number of amides is 1. The molecule has 1 aromatic rings. The van der Waals surface area contributed by atoms with Crippen molar-refractivity contribution in [2.24, 2.45) is 0 Å². The van der Waals surface area contributed by atoms with Crippen LogP contribution in [0.1, 0.15) is 19.4 Å². The zero-order chi connectivity index (χ0) is 19.2. The first kappa shape index (κ1) is 20.3. The standard InChI is InChI=1S/C18H26N2O5S/c1-4-25-16-8-6-15(14-17(16)24-3)7-9-18(21)19-10-12-20(13-11-19)26(22,23)5-2/h6-9,14H,4-5,10-13H2,1-3H3/b9-7+. The van der Waals surface area contributed by atoms with Crippen LogP contribution < -0.4 is 9.47 Å². The summed E-state index contributed by atoms with van der Waals surface area (Å²) in [6.07, 6.45) is 3.22. The molecule has 8 heteroatoms.